The van der Waals surface area contributed by atoms with Crippen molar-refractivity contribution >= 4 is 17.8 Å². The van der Waals surface area contributed by atoms with Gasteiger partial charge in [-0.25, -0.2) is 0 Å². The van der Waals surface area contributed by atoms with E-state index in [2.05, 4.69) is 10.1 Å². The molecule has 2 amide bonds. The average Bonchev–Trinajstić information content (AvgIpc) is 2.87. The lowest BCUT2D eigenvalue weighted by atomic mass is 9.89. The summed E-state index contributed by atoms with van der Waals surface area (Å²) in [6.07, 6.45) is 7.71. The molecule has 0 aromatic rings. The van der Waals surface area contributed by atoms with Gasteiger partial charge in [-0.3, -0.25) is 14.4 Å². The van der Waals surface area contributed by atoms with Crippen molar-refractivity contribution in [3.05, 3.63) is 0 Å². The summed E-state index contributed by atoms with van der Waals surface area (Å²) in [6.45, 7) is 1.46. The molecular formula is C17H28N2O4. The third-order valence-electron chi connectivity index (χ3n) is 4.80. The van der Waals surface area contributed by atoms with Gasteiger partial charge in [-0.05, 0) is 25.2 Å². The van der Waals surface area contributed by atoms with Crippen molar-refractivity contribution in [2.45, 2.75) is 63.8 Å². The Morgan fingerprint density at radius 1 is 1.22 bits per heavy atom. The maximum atomic E-state index is 12.1. The molecule has 0 unspecified atom stereocenters. The van der Waals surface area contributed by atoms with Crippen molar-refractivity contribution in [2.75, 3.05) is 20.2 Å². The van der Waals surface area contributed by atoms with Gasteiger partial charge < -0.3 is 15.0 Å². The Labute approximate surface area is 137 Å². The number of carbonyl (C=O) groups excluding carboxylic acids is 3. The number of methoxy groups -OCH3 is 1. The van der Waals surface area contributed by atoms with E-state index in [1.807, 2.05) is 4.90 Å². The molecule has 0 radical (unpaired) electrons. The quantitative estimate of drug-likeness (QED) is 0.722. The second-order valence-corrected chi connectivity index (χ2v) is 6.70. The molecule has 0 bridgehead atoms. The molecule has 1 atom stereocenters. The van der Waals surface area contributed by atoms with Gasteiger partial charge in [0.25, 0.3) is 0 Å². The minimum absolute atomic E-state index is 0.0864. The van der Waals surface area contributed by atoms with E-state index in [4.69, 9.17) is 0 Å². The molecule has 1 aliphatic heterocycles. The third kappa shape index (κ3) is 5.84. The van der Waals surface area contributed by atoms with E-state index < -0.39 is 0 Å². The number of ether oxygens (including phenoxy) is 1. The number of likely N-dealkylation sites (tertiary alicyclic amines) is 1. The lowest BCUT2D eigenvalue weighted by molar-refractivity contribution is -0.140. The van der Waals surface area contributed by atoms with Crippen LogP contribution < -0.4 is 5.32 Å². The molecule has 2 fully saturated rings. The maximum Gasteiger partial charge on any atom is 0.305 e. The summed E-state index contributed by atoms with van der Waals surface area (Å²) in [6, 6.07) is -0.0864. The van der Waals surface area contributed by atoms with E-state index in [9.17, 15) is 14.4 Å². The summed E-state index contributed by atoms with van der Waals surface area (Å²) in [5, 5.41) is 2.91. The minimum Gasteiger partial charge on any atom is -0.469 e. The van der Waals surface area contributed by atoms with E-state index in [1.165, 1.54) is 39.2 Å². The molecule has 23 heavy (non-hydrogen) atoms. The number of nitrogens with zero attached hydrogens (tertiary/aromatic N) is 1. The van der Waals surface area contributed by atoms with E-state index in [0.29, 0.717) is 31.7 Å². The Kier molecular flexibility index (Phi) is 6.86. The van der Waals surface area contributed by atoms with E-state index in [0.717, 1.165) is 6.54 Å². The zero-order valence-electron chi connectivity index (χ0n) is 14.0. The van der Waals surface area contributed by atoms with Crippen molar-refractivity contribution in [1.29, 1.82) is 0 Å². The monoisotopic (exact) mass is 324 g/mol. The van der Waals surface area contributed by atoms with Crippen LogP contribution in [0.25, 0.3) is 0 Å². The maximum absolute atomic E-state index is 12.1. The van der Waals surface area contributed by atoms with E-state index in [1.54, 1.807) is 0 Å². The van der Waals surface area contributed by atoms with Crippen LogP contribution in [0.2, 0.25) is 0 Å². The first-order valence-electron chi connectivity index (χ1n) is 8.72. The number of nitrogens with one attached hydrogen (secondary N) is 1. The van der Waals surface area contributed by atoms with Crippen molar-refractivity contribution in [2.24, 2.45) is 5.92 Å². The molecule has 0 aromatic carbocycles. The SMILES string of the molecule is COC(=O)CCCC(=O)N[C@@H]1CC(=O)N(CC2CCCCC2)C1. The molecule has 2 rings (SSSR count). The molecule has 1 aliphatic carbocycles. The van der Waals surface area contributed by atoms with E-state index >= 15 is 0 Å². The molecule has 1 N–H and O–H groups in total. The highest BCUT2D eigenvalue weighted by atomic mass is 16.5. The number of esters is 1. The molecule has 0 aromatic heterocycles. The summed E-state index contributed by atoms with van der Waals surface area (Å²) in [5.74, 6) is 0.386. The third-order valence-corrected chi connectivity index (χ3v) is 4.80. The van der Waals surface area contributed by atoms with Crippen LogP contribution in [0.4, 0.5) is 0 Å². The van der Waals surface area contributed by atoms with Gasteiger partial charge in [0.2, 0.25) is 11.8 Å². The van der Waals surface area contributed by atoms with Gasteiger partial charge in [0.1, 0.15) is 0 Å². The summed E-state index contributed by atoms with van der Waals surface area (Å²) in [5.41, 5.74) is 0. The number of amides is 2. The predicted molar refractivity (Wildman–Crippen MR) is 85.6 cm³/mol. The highest BCUT2D eigenvalue weighted by molar-refractivity contribution is 5.82. The van der Waals surface area contributed by atoms with Gasteiger partial charge >= 0.3 is 5.97 Å². The minimum atomic E-state index is -0.299. The fourth-order valence-corrected chi connectivity index (χ4v) is 3.52. The first kappa shape index (κ1) is 17.8. The van der Waals surface area contributed by atoms with Crippen LogP contribution >= 0.6 is 0 Å². The predicted octanol–water partition coefficient (Wildman–Crippen LogP) is 1.63. The van der Waals surface area contributed by atoms with Gasteiger partial charge in [0.15, 0.2) is 0 Å². The van der Waals surface area contributed by atoms with Crippen LogP contribution in [0.1, 0.15) is 57.8 Å². The molecule has 1 saturated carbocycles. The Morgan fingerprint density at radius 3 is 2.65 bits per heavy atom. The highest BCUT2D eigenvalue weighted by Gasteiger charge is 2.32. The van der Waals surface area contributed by atoms with E-state index in [-0.39, 0.29) is 30.2 Å². The van der Waals surface area contributed by atoms with Gasteiger partial charge in [0, 0.05) is 32.4 Å². The topological polar surface area (TPSA) is 75.7 Å². The number of rotatable bonds is 7. The normalized spacial score (nSPS) is 22.2. The molecule has 1 saturated heterocycles. The number of hydrogen-bond acceptors (Lipinski definition) is 4. The first-order valence-corrected chi connectivity index (χ1v) is 8.72. The standard InChI is InChI=1S/C17H28N2O4/c1-23-17(22)9-5-8-15(20)18-14-10-16(21)19(12-14)11-13-6-3-2-4-7-13/h13-14H,2-12H2,1H3,(H,18,20)/t14-/m1/s1. The Bertz CT molecular complexity index is 432. The smallest absolute Gasteiger partial charge is 0.305 e. The van der Waals surface area contributed by atoms with Gasteiger partial charge in [-0.15, -0.1) is 0 Å². The number of carbonyl (C=O) groups is 3. The molecule has 2 aliphatic rings. The largest absolute Gasteiger partial charge is 0.469 e. The summed E-state index contributed by atoms with van der Waals surface area (Å²) < 4.78 is 4.54. The molecular weight excluding hydrogens is 296 g/mol. The first-order chi connectivity index (χ1) is 11.1. The van der Waals surface area contributed by atoms with Crippen LogP contribution in [-0.4, -0.2) is 48.9 Å². The fourth-order valence-electron chi connectivity index (χ4n) is 3.52. The lowest BCUT2D eigenvalue weighted by Crippen LogP contribution is -2.38. The lowest BCUT2D eigenvalue weighted by Gasteiger charge is -2.27. The van der Waals surface area contributed by atoms with Crippen molar-refractivity contribution < 1.29 is 19.1 Å². The molecule has 130 valence electrons. The Hall–Kier alpha value is -1.59. The van der Waals surface area contributed by atoms with Crippen LogP contribution in [0.5, 0.6) is 0 Å². The van der Waals surface area contributed by atoms with Gasteiger partial charge in [0.05, 0.1) is 13.2 Å². The highest BCUT2D eigenvalue weighted by Crippen LogP contribution is 2.26. The second kappa shape index (κ2) is 8.89. The fraction of sp³-hybridized carbons (Fsp3) is 0.824. The van der Waals surface area contributed by atoms with Crippen molar-refractivity contribution in [1.82, 2.24) is 10.2 Å². The zero-order valence-corrected chi connectivity index (χ0v) is 14.0. The van der Waals surface area contributed by atoms with Crippen LogP contribution in [0, 0.1) is 5.92 Å². The number of hydrogen-bond donors (Lipinski definition) is 1. The molecule has 1 heterocycles. The van der Waals surface area contributed by atoms with Crippen LogP contribution in [0.15, 0.2) is 0 Å². The summed E-state index contributed by atoms with van der Waals surface area (Å²) >= 11 is 0. The Balaban J connectivity index is 1.67. The molecule has 0 spiro atoms. The van der Waals surface area contributed by atoms with Crippen LogP contribution in [-0.2, 0) is 19.1 Å². The van der Waals surface area contributed by atoms with Crippen molar-refractivity contribution in [3.63, 3.8) is 0 Å². The molecule has 6 nitrogen and oxygen atoms in total. The molecule has 6 heteroatoms. The Morgan fingerprint density at radius 2 is 1.96 bits per heavy atom. The summed E-state index contributed by atoms with van der Waals surface area (Å²) in [7, 11) is 1.34. The van der Waals surface area contributed by atoms with Crippen molar-refractivity contribution in [3.8, 4) is 0 Å². The van der Waals surface area contributed by atoms with Crippen LogP contribution in [0.3, 0.4) is 0 Å². The zero-order chi connectivity index (χ0) is 16.7. The second-order valence-electron chi connectivity index (χ2n) is 6.70. The van der Waals surface area contributed by atoms with Gasteiger partial charge in [-0.2, -0.15) is 0 Å². The summed E-state index contributed by atoms with van der Waals surface area (Å²) in [4.78, 5) is 36.9. The average molecular weight is 324 g/mol. The van der Waals surface area contributed by atoms with Gasteiger partial charge in [-0.1, -0.05) is 19.3 Å².